The van der Waals surface area contributed by atoms with E-state index in [4.69, 9.17) is 23.2 Å². The predicted molar refractivity (Wildman–Crippen MR) is 90.2 cm³/mol. The highest BCUT2D eigenvalue weighted by atomic mass is 35.5. The molecule has 1 N–H and O–H groups in total. The molecule has 0 aliphatic heterocycles. The molecule has 0 amide bonds. The molecule has 4 heteroatoms. The van der Waals surface area contributed by atoms with E-state index in [-0.39, 0.29) is 6.04 Å². The van der Waals surface area contributed by atoms with Crippen molar-refractivity contribution in [3.05, 3.63) is 55.2 Å². The lowest BCUT2D eigenvalue weighted by molar-refractivity contribution is 0.494. The fraction of sp³-hybridized carbons (Fsp3) is 0.375. The molecule has 0 saturated heterocycles. The minimum atomic E-state index is 0.222. The molecule has 0 fully saturated rings. The smallest absolute Gasteiger partial charge is 0.0595 e. The van der Waals surface area contributed by atoms with Crippen molar-refractivity contribution in [3.8, 4) is 0 Å². The molecular weight excluding hydrogens is 309 g/mol. The summed E-state index contributed by atoms with van der Waals surface area (Å²) in [6.07, 6.45) is 0. The van der Waals surface area contributed by atoms with Crippen molar-refractivity contribution in [1.29, 1.82) is 0 Å². The number of benzene rings is 1. The van der Waals surface area contributed by atoms with E-state index in [1.165, 1.54) is 15.3 Å². The molecule has 2 unspecified atom stereocenters. The lowest BCUT2D eigenvalue weighted by atomic mass is 10.0. The van der Waals surface area contributed by atoms with E-state index in [9.17, 15) is 0 Å². The Kier molecular flexibility index (Phi) is 5.14. The van der Waals surface area contributed by atoms with Gasteiger partial charge in [-0.25, -0.2) is 0 Å². The lowest BCUT2D eigenvalue weighted by Crippen LogP contribution is -2.22. The highest BCUT2D eigenvalue weighted by Gasteiger charge is 2.15. The predicted octanol–water partition coefficient (Wildman–Crippen LogP) is 6.08. The van der Waals surface area contributed by atoms with Crippen molar-refractivity contribution >= 4 is 34.5 Å². The van der Waals surface area contributed by atoms with Gasteiger partial charge in [-0.3, -0.25) is 0 Å². The van der Waals surface area contributed by atoms with Crippen LogP contribution in [0.5, 0.6) is 0 Å². The van der Waals surface area contributed by atoms with Crippen LogP contribution in [0.15, 0.2) is 24.3 Å². The fourth-order valence-corrected chi connectivity index (χ4v) is 3.75. The quantitative estimate of drug-likeness (QED) is 0.717. The lowest BCUT2D eigenvalue weighted by Gasteiger charge is -2.21. The van der Waals surface area contributed by atoms with E-state index < -0.39 is 0 Å². The normalized spacial score (nSPS) is 14.3. The third-order valence-electron chi connectivity index (χ3n) is 3.49. The molecule has 1 nitrogen and oxygen atoms in total. The van der Waals surface area contributed by atoms with E-state index in [0.29, 0.717) is 16.1 Å². The van der Waals surface area contributed by atoms with Gasteiger partial charge < -0.3 is 5.32 Å². The first-order valence-electron chi connectivity index (χ1n) is 6.66. The second-order valence-corrected chi connectivity index (χ2v) is 7.43. The number of aryl methyl sites for hydroxylation is 2. The number of hydrogen-bond acceptors (Lipinski definition) is 2. The van der Waals surface area contributed by atoms with Crippen LogP contribution in [0.1, 0.15) is 46.8 Å². The van der Waals surface area contributed by atoms with Crippen LogP contribution in [0.25, 0.3) is 0 Å². The maximum atomic E-state index is 6.08. The van der Waals surface area contributed by atoms with E-state index >= 15 is 0 Å². The van der Waals surface area contributed by atoms with Crippen LogP contribution in [-0.2, 0) is 0 Å². The van der Waals surface area contributed by atoms with E-state index in [1.807, 2.05) is 29.5 Å². The number of rotatable bonds is 4. The standard InChI is InChI=1S/C16H19Cl2NS/c1-9-7-14(12(4)20-9)11(3)19-10(2)13-5-6-15(17)16(18)8-13/h5-8,10-11,19H,1-4H3. The molecular formula is C16H19Cl2NS. The molecule has 1 heterocycles. The summed E-state index contributed by atoms with van der Waals surface area (Å²) in [4.78, 5) is 2.73. The third-order valence-corrected chi connectivity index (χ3v) is 5.21. The molecule has 0 bridgehead atoms. The summed E-state index contributed by atoms with van der Waals surface area (Å²) in [6.45, 7) is 8.67. The van der Waals surface area contributed by atoms with E-state index in [2.05, 4.69) is 39.1 Å². The monoisotopic (exact) mass is 327 g/mol. The van der Waals surface area contributed by atoms with E-state index in [0.717, 1.165) is 5.56 Å². The zero-order valence-electron chi connectivity index (χ0n) is 12.1. The molecule has 1 aromatic heterocycles. The average molecular weight is 328 g/mol. The maximum Gasteiger partial charge on any atom is 0.0595 e. The summed E-state index contributed by atoms with van der Waals surface area (Å²) in [5, 5.41) is 4.82. The number of hydrogen-bond donors (Lipinski definition) is 1. The van der Waals surface area contributed by atoms with Gasteiger partial charge in [-0.2, -0.15) is 0 Å². The zero-order valence-corrected chi connectivity index (χ0v) is 14.5. The Balaban J connectivity index is 2.12. The molecule has 108 valence electrons. The molecule has 0 aliphatic carbocycles. The highest BCUT2D eigenvalue weighted by molar-refractivity contribution is 7.12. The SMILES string of the molecule is Cc1cc(C(C)NC(C)c2ccc(Cl)c(Cl)c2)c(C)s1. The molecule has 1 aromatic carbocycles. The first kappa shape index (κ1) is 15.8. The third kappa shape index (κ3) is 3.56. The maximum absolute atomic E-state index is 6.08. The molecule has 0 radical (unpaired) electrons. The Morgan fingerprint density at radius 1 is 1.00 bits per heavy atom. The van der Waals surface area contributed by atoms with Crippen LogP contribution in [0.4, 0.5) is 0 Å². The van der Waals surface area contributed by atoms with Gasteiger partial charge in [0.15, 0.2) is 0 Å². The zero-order chi connectivity index (χ0) is 14.9. The van der Waals surface area contributed by atoms with Gasteiger partial charge in [0.1, 0.15) is 0 Å². The summed E-state index contributed by atoms with van der Waals surface area (Å²) in [5.74, 6) is 0. The average Bonchev–Trinajstić information content (AvgIpc) is 2.71. The Bertz CT molecular complexity index is 607. The number of nitrogens with one attached hydrogen (secondary N) is 1. The van der Waals surface area contributed by atoms with Crippen LogP contribution in [-0.4, -0.2) is 0 Å². The van der Waals surface area contributed by atoms with Gasteiger partial charge in [0.2, 0.25) is 0 Å². The van der Waals surface area contributed by atoms with Gasteiger partial charge >= 0.3 is 0 Å². The molecule has 2 atom stereocenters. The summed E-state index contributed by atoms with van der Waals surface area (Å²) in [5.41, 5.74) is 2.52. The highest BCUT2D eigenvalue weighted by Crippen LogP contribution is 2.30. The molecule has 2 rings (SSSR count). The van der Waals surface area contributed by atoms with Gasteiger partial charge in [0.25, 0.3) is 0 Å². The Morgan fingerprint density at radius 2 is 1.70 bits per heavy atom. The Morgan fingerprint density at radius 3 is 2.25 bits per heavy atom. The van der Waals surface area contributed by atoms with Gasteiger partial charge in [-0.15, -0.1) is 11.3 Å². The molecule has 20 heavy (non-hydrogen) atoms. The van der Waals surface area contributed by atoms with Gasteiger partial charge in [0.05, 0.1) is 10.0 Å². The van der Waals surface area contributed by atoms with Crippen molar-refractivity contribution in [3.63, 3.8) is 0 Å². The topological polar surface area (TPSA) is 12.0 Å². The number of halogens is 2. The van der Waals surface area contributed by atoms with Crippen LogP contribution < -0.4 is 5.32 Å². The summed E-state index contributed by atoms with van der Waals surface area (Å²) < 4.78 is 0. The van der Waals surface area contributed by atoms with Crippen molar-refractivity contribution in [2.24, 2.45) is 0 Å². The van der Waals surface area contributed by atoms with Crippen molar-refractivity contribution in [1.82, 2.24) is 5.32 Å². The molecule has 0 saturated carbocycles. The van der Waals surface area contributed by atoms with Gasteiger partial charge in [-0.1, -0.05) is 29.3 Å². The van der Waals surface area contributed by atoms with Crippen LogP contribution in [0.3, 0.4) is 0 Å². The first-order chi connectivity index (χ1) is 9.38. The number of thiophene rings is 1. The minimum absolute atomic E-state index is 0.222. The molecule has 0 spiro atoms. The minimum Gasteiger partial charge on any atom is -0.304 e. The fourth-order valence-electron chi connectivity index (χ4n) is 2.42. The van der Waals surface area contributed by atoms with Crippen LogP contribution in [0.2, 0.25) is 10.0 Å². The summed E-state index contributed by atoms with van der Waals surface area (Å²) >= 11 is 13.9. The Labute approximate surface area is 134 Å². The second kappa shape index (κ2) is 6.48. The largest absolute Gasteiger partial charge is 0.304 e. The molecule has 0 aliphatic rings. The summed E-state index contributed by atoms with van der Waals surface area (Å²) in [6, 6.07) is 8.59. The van der Waals surface area contributed by atoms with Gasteiger partial charge in [0, 0.05) is 21.8 Å². The van der Waals surface area contributed by atoms with Gasteiger partial charge in [-0.05, 0) is 57.0 Å². The van der Waals surface area contributed by atoms with Crippen LogP contribution >= 0.6 is 34.5 Å². The van der Waals surface area contributed by atoms with Crippen LogP contribution in [0, 0.1) is 13.8 Å². The van der Waals surface area contributed by atoms with E-state index in [1.54, 1.807) is 0 Å². The summed E-state index contributed by atoms with van der Waals surface area (Å²) in [7, 11) is 0. The first-order valence-corrected chi connectivity index (χ1v) is 8.23. The second-order valence-electron chi connectivity index (χ2n) is 5.15. The van der Waals surface area contributed by atoms with Crippen molar-refractivity contribution < 1.29 is 0 Å². The molecule has 2 aromatic rings. The van der Waals surface area contributed by atoms with Crippen molar-refractivity contribution in [2.75, 3.05) is 0 Å². The Hall–Kier alpha value is -0.540. The van der Waals surface area contributed by atoms with Crippen molar-refractivity contribution in [2.45, 2.75) is 39.8 Å².